The van der Waals surface area contributed by atoms with E-state index in [1.54, 1.807) is 58.9 Å². The van der Waals surface area contributed by atoms with Crippen molar-refractivity contribution in [3.05, 3.63) is 29.3 Å². The summed E-state index contributed by atoms with van der Waals surface area (Å²) in [5.41, 5.74) is -6.16. The number of esters is 1. The summed E-state index contributed by atoms with van der Waals surface area (Å²) >= 11 is 6.51. The number of rotatable bonds is 16. The van der Waals surface area contributed by atoms with Gasteiger partial charge in [0, 0.05) is 34.7 Å². The molecule has 5 atom stereocenters. The van der Waals surface area contributed by atoms with Gasteiger partial charge in [0.15, 0.2) is 5.78 Å². The molecular weight excluding hydrogens is 795 g/mol. The van der Waals surface area contributed by atoms with Crippen LogP contribution in [0.2, 0.25) is 5.02 Å². The molecule has 18 heteroatoms. The maximum Gasteiger partial charge on any atom is 0.427 e. The van der Waals surface area contributed by atoms with E-state index in [1.807, 2.05) is 11.6 Å². The first-order chi connectivity index (χ1) is 26.2. The summed E-state index contributed by atoms with van der Waals surface area (Å²) in [4.78, 5) is 61.6. The minimum absolute atomic E-state index is 0.0934. The van der Waals surface area contributed by atoms with E-state index < -0.39 is 93.0 Å². The molecule has 1 aliphatic heterocycles. The molecule has 3 fully saturated rings. The van der Waals surface area contributed by atoms with Crippen molar-refractivity contribution >= 4 is 56.2 Å². The third-order valence-corrected chi connectivity index (χ3v) is 12.6. The van der Waals surface area contributed by atoms with E-state index in [9.17, 15) is 40.8 Å². The largest absolute Gasteiger partial charge is 0.478 e. The fourth-order valence-corrected chi connectivity index (χ4v) is 8.68. The predicted molar refractivity (Wildman–Crippen MR) is 202 cm³/mol. The van der Waals surface area contributed by atoms with Gasteiger partial charge in [-0.2, -0.15) is 26.6 Å². The van der Waals surface area contributed by atoms with Crippen molar-refractivity contribution in [2.75, 3.05) is 13.2 Å². The molecule has 2 saturated carbocycles. The monoisotopic (exact) mass is 845 g/mol. The molecule has 1 N–H and O–H groups in total. The fraction of sp³-hybridized carbons (Fsp3) is 0.667. The molecule has 5 rings (SSSR count). The van der Waals surface area contributed by atoms with Crippen molar-refractivity contribution in [2.45, 2.75) is 130 Å². The van der Waals surface area contributed by atoms with Gasteiger partial charge in [-0.3, -0.25) is 19.2 Å². The summed E-state index contributed by atoms with van der Waals surface area (Å²) in [6.45, 7) is 11.6. The maximum absolute atomic E-state index is 14.6. The minimum atomic E-state index is -4.88. The number of benzene rings is 1. The van der Waals surface area contributed by atoms with E-state index in [-0.39, 0.29) is 43.7 Å². The number of Topliss-reactive ketones (excluding diaryl/α,β-unsaturated/α-hetero) is 1. The van der Waals surface area contributed by atoms with E-state index in [0.29, 0.717) is 48.9 Å². The second kappa shape index (κ2) is 15.8. The Labute approximate surface area is 335 Å². The highest BCUT2D eigenvalue weighted by Gasteiger charge is 2.62. The van der Waals surface area contributed by atoms with Gasteiger partial charge >= 0.3 is 22.4 Å². The first kappa shape index (κ1) is 44.4. The van der Waals surface area contributed by atoms with Crippen molar-refractivity contribution in [1.82, 2.24) is 14.6 Å². The highest BCUT2D eigenvalue weighted by Crippen LogP contribution is 2.58. The molecule has 3 aliphatic rings. The van der Waals surface area contributed by atoms with Crippen LogP contribution in [0.5, 0.6) is 11.8 Å². The van der Waals surface area contributed by atoms with Crippen LogP contribution in [0.1, 0.15) is 100 Å². The average Bonchev–Trinajstić information content (AvgIpc) is 3.94. The Kier molecular flexibility index (Phi) is 12.3. The number of nitrogens with one attached hydrogen (secondary N) is 1. The molecule has 0 radical (unpaired) electrons. The molecule has 2 aliphatic carbocycles. The first-order valence-electron chi connectivity index (χ1n) is 19.0. The van der Waals surface area contributed by atoms with Crippen LogP contribution >= 0.6 is 11.6 Å². The normalized spacial score (nSPS) is 23.8. The van der Waals surface area contributed by atoms with Gasteiger partial charge in [-0.15, -0.1) is 0 Å². The number of aromatic nitrogens is 1. The summed E-state index contributed by atoms with van der Waals surface area (Å²) < 4.78 is 90.6. The molecule has 13 nitrogen and oxygen atoms in total. The third-order valence-electron chi connectivity index (χ3n) is 11.2. The van der Waals surface area contributed by atoms with Gasteiger partial charge in [0.1, 0.15) is 6.10 Å². The van der Waals surface area contributed by atoms with Crippen LogP contribution in [0, 0.1) is 22.7 Å². The number of likely N-dealkylation sites (tertiary alicyclic amines) is 1. The van der Waals surface area contributed by atoms with Crippen LogP contribution in [0.25, 0.3) is 10.8 Å². The number of halogens is 4. The molecule has 1 aromatic carbocycles. The molecule has 0 unspecified atom stereocenters. The number of ketones is 1. The van der Waals surface area contributed by atoms with Crippen molar-refractivity contribution in [2.24, 2.45) is 22.7 Å². The zero-order valence-electron chi connectivity index (χ0n) is 33.4. The van der Waals surface area contributed by atoms with Gasteiger partial charge in [0.25, 0.3) is 0 Å². The lowest BCUT2D eigenvalue weighted by Crippen LogP contribution is -2.49. The van der Waals surface area contributed by atoms with Gasteiger partial charge in [0.05, 0.1) is 42.5 Å². The number of carbonyl (C=O) groups is 4. The summed E-state index contributed by atoms with van der Waals surface area (Å²) in [5.74, 6) is -4.72. The molecule has 2 aromatic rings. The van der Waals surface area contributed by atoms with Gasteiger partial charge in [0.2, 0.25) is 29.2 Å². The molecule has 0 bridgehead atoms. The minimum Gasteiger partial charge on any atom is -0.478 e. The average molecular weight is 846 g/mol. The molecule has 316 valence electrons. The molecule has 1 saturated heterocycles. The van der Waals surface area contributed by atoms with E-state index in [2.05, 4.69) is 4.98 Å². The van der Waals surface area contributed by atoms with Gasteiger partial charge in [-0.1, -0.05) is 51.8 Å². The molecule has 1 aromatic heterocycles. The molecule has 0 spiro atoms. The number of carbonyl (C=O) groups excluding carboxylic acids is 4. The van der Waals surface area contributed by atoms with Crippen LogP contribution in [0.15, 0.2) is 24.3 Å². The fourth-order valence-electron chi connectivity index (χ4n) is 7.28. The quantitative estimate of drug-likeness (QED) is 0.175. The Morgan fingerprint density at radius 1 is 1.07 bits per heavy atom. The number of alkyl halides is 3. The third kappa shape index (κ3) is 9.95. The summed E-state index contributed by atoms with van der Waals surface area (Å²) in [5, 5.41) is 1.48. The summed E-state index contributed by atoms with van der Waals surface area (Å²) in [7, 11) is -4.50. The maximum atomic E-state index is 14.6. The van der Waals surface area contributed by atoms with Crippen LogP contribution in [0.4, 0.5) is 13.2 Å². The predicted octanol–water partition coefficient (Wildman–Crippen LogP) is 6.88. The lowest BCUT2D eigenvalue weighted by molar-refractivity contribution is -0.257. The standard InChI is InChI=1S/C39H51ClF3N3O10S/c1-9-22-19-38(22,34(50)45-57(51,52)56-37(8)14-15-37)20-29(47)28-16-23(54-32-24-12-11-13-27(40)25(24)17-30(44-32)53-10-2)21-46(28)33(49)26(35(3,4)5)18-31(48)55-36(6,7)39(41,42)43/h11-13,17,22-23,26,28H,9-10,14-16,18-21H2,1-8H3,(H,45,50)/t22-,23-,26-,28+,38-/m1/s1. The molecule has 57 heavy (non-hydrogen) atoms. The van der Waals surface area contributed by atoms with Crippen LogP contribution in [-0.4, -0.2) is 84.5 Å². The summed E-state index contributed by atoms with van der Waals surface area (Å²) in [6.07, 6.45) is -5.35. The number of amides is 2. The van der Waals surface area contributed by atoms with Crippen LogP contribution in [-0.2, 0) is 38.4 Å². The highest BCUT2D eigenvalue weighted by molar-refractivity contribution is 7.85. The van der Waals surface area contributed by atoms with Crippen molar-refractivity contribution in [1.29, 1.82) is 0 Å². The van der Waals surface area contributed by atoms with E-state index in [0.717, 1.165) is 0 Å². The van der Waals surface area contributed by atoms with Crippen molar-refractivity contribution in [3.63, 3.8) is 0 Å². The Morgan fingerprint density at radius 3 is 2.30 bits per heavy atom. The van der Waals surface area contributed by atoms with Crippen LogP contribution < -0.4 is 14.2 Å². The first-order valence-corrected chi connectivity index (χ1v) is 20.8. The lowest BCUT2D eigenvalue weighted by Gasteiger charge is -2.35. The summed E-state index contributed by atoms with van der Waals surface area (Å²) in [6, 6.07) is 5.52. The number of fused-ring (bicyclic) bond motifs is 1. The second-order valence-electron chi connectivity index (χ2n) is 17.1. The van der Waals surface area contributed by atoms with Crippen molar-refractivity contribution < 1.29 is 59.2 Å². The molecule has 2 heterocycles. The Hall–Kier alpha value is -3.70. The number of nitrogens with zero attached hydrogens (tertiary/aromatic N) is 2. The Bertz CT molecular complexity index is 2020. The molecule has 2 amide bonds. The zero-order valence-corrected chi connectivity index (χ0v) is 35.0. The van der Waals surface area contributed by atoms with E-state index in [1.165, 1.54) is 4.90 Å². The van der Waals surface area contributed by atoms with E-state index >= 15 is 0 Å². The van der Waals surface area contributed by atoms with Crippen LogP contribution in [0.3, 0.4) is 0 Å². The Morgan fingerprint density at radius 2 is 1.74 bits per heavy atom. The second-order valence-corrected chi connectivity index (χ2v) is 18.8. The number of hydrogen-bond donors (Lipinski definition) is 1. The van der Waals surface area contributed by atoms with Gasteiger partial charge in [-0.25, -0.2) is 8.91 Å². The Balaban J connectivity index is 1.47. The number of pyridine rings is 1. The molecular formula is C39H51ClF3N3O10S. The number of ether oxygens (including phenoxy) is 3. The zero-order chi connectivity index (χ0) is 42.5. The van der Waals surface area contributed by atoms with Gasteiger partial charge < -0.3 is 19.1 Å². The number of hydrogen-bond acceptors (Lipinski definition) is 11. The topological polar surface area (TPSA) is 167 Å². The lowest BCUT2D eigenvalue weighted by atomic mass is 9.77. The smallest absolute Gasteiger partial charge is 0.427 e. The van der Waals surface area contributed by atoms with Gasteiger partial charge in [-0.05, 0) is 70.4 Å². The van der Waals surface area contributed by atoms with E-state index in [4.69, 9.17) is 30.0 Å². The highest BCUT2D eigenvalue weighted by atomic mass is 35.5. The van der Waals surface area contributed by atoms with Crippen molar-refractivity contribution in [3.8, 4) is 11.8 Å². The SMILES string of the molecule is CCOc1cc2c(Cl)cccc2c(O[C@@H]2C[C@@H](C(=O)C[C@]3(C(=O)NS(=O)(=O)OC4(C)CC4)C[C@H]3CC)N(C(=O)[C@@H](CC(=O)OC(C)(C)C(F)(F)F)C(C)(C)C)C2)n1.